The molecule has 1 aliphatic heterocycles. The maximum atomic E-state index is 6.52. The van der Waals surface area contributed by atoms with Crippen LogP contribution in [0.3, 0.4) is 0 Å². The Morgan fingerprint density at radius 1 is 1.38 bits per heavy atom. The van der Waals surface area contributed by atoms with Gasteiger partial charge in [-0.1, -0.05) is 31.5 Å². The molecular weight excluding hydrogens is 282 g/mol. The van der Waals surface area contributed by atoms with Crippen molar-refractivity contribution < 1.29 is 0 Å². The van der Waals surface area contributed by atoms with Crippen molar-refractivity contribution in [3.05, 3.63) is 28.8 Å². The molecule has 1 saturated heterocycles. The zero-order chi connectivity index (χ0) is 15.6. The van der Waals surface area contributed by atoms with Crippen molar-refractivity contribution >= 4 is 17.3 Å². The standard InChI is InChI=1S/C17H28ClN3/c1-5-14(19)8-13-6-7-16(15(18)9-13)21-10-12(2)17(11-21)20(3)4/h6-7,9,12,14,17H,5,8,10-11,19H2,1-4H3. The normalized spacial score (nSPS) is 23.9. The smallest absolute Gasteiger partial charge is 0.0642 e. The number of nitrogens with zero attached hydrogens (tertiary/aromatic N) is 2. The van der Waals surface area contributed by atoms with Gasteiger partial charge in [-0.3, -0.25) is 0 Å². The fourth-order valence-corrected chi connectivity index (χ4v) is 3.52. The van der Waals surface area contributed by atoms with Gasteiger partial charge in [0.15, 0.2) is 0 Å². The Labute approximate surface area is 134 Å². The van der Waals surface area contributed by atoms with Crippen LogP contribution in [0, 0.1) is 5.92 Å². The lowest BCUT2D eigenvalue weighted by Gasteiger charge is -2.23. The van der Waals surface area contributed by atoms with Crippen LogP contribution in [0.1, 0.15) is 25.8 Å². The molecule has 0 bridgehead atoms. The van der Waals surface area contributed by atoms with Crippen LogP contribution >= 0.6 is 11.6 Å². The van der Waals surface area contributed by atoms with E-state index in [1.54, 1.807) is 0 Å². The van der Waals surface area contributed by atoms with E-state index in [4.69, 9.17) is 17.3 Å². The van der Waals surface area contributed by atoms with E-state index in [0.29, 0.717) is 12.0 Å². The minimum Gasteiger partial charge on any atom is -0.368 e. The van der Waals surface area contributed by atoms with Crippen LogP contribution in [0.2, 0.25) is 5.02 Å². The fourth-order valence-electron chi connectivity index (χ4n) is 3.20. The second-order valence-corrected chi connectivity index (χ2v) is 6.98. The topological polar surface area (TPSA) is 32.5 Å². The van der Waals surface area contributed by atoms with Gasteiger partial charge in [0.25, 0.3) is 0 Å². The van der Waals surface area contributed by atoms with E-state index < -0.39 is 0 Å². The molecular formula is C17H28ClN3. The van der Waals surface area contributed by atoms with Gasteiger partial charge in [-0.2, -0.15) is 0 Å². The Balaban J connectivity index is 2.11. The summed E-state index contributed by atoms with van der Waals surface area (Å²) in [7, 11) is 4.31. The average molecular weight is 310 g/mol. The number of hydrogen-bond donors (Lipinski definition) is 1. The maximum Gasteiger partial charge on any atom is 0.0642 e. The predicted octanol–water partition coefficient (Wildman–Crippen LogP) is 3.01. The van der Waals surface area contributed by atoms with Crippen LogP contribution in [0.5, 0.6) is 0 Å². The molecule has 2 rings (SSSR count). The van der Waals surface area contributed by atoms with Gasteiger partial charge in [0.1, 0.15) is 0 Å². The van der Waals surface area contributed by atoms with E-state index in [-0.39, 0.29) is 6.04 Å². The lowest BCUT2D eigenvalue weighted by Crippen LogP contribution is -2.34. The van der Waals surface area contributed by atoms with Crippen molar-refractivity contribution in [3.63, 3.8) is 0 Å². The molecule has 3 nitrogen and oxygen atoms in total. The number of likely N-dealkylation sites (N-methyl/N-ethyl adjacent to an activating group) is 1. The number of anilines is 1. The summed E-state index contributed by atoms with van der Waals surface area (Å²) >= 11 is 6.52. The number of halogens is 1. The quantitative estimate of drug-likeness (QED) is 0.907. The van der Waals surface area contributed by atoms with Crippen molar-refractivity contribution in [2.75, 3.05) is 32.1 Å². The highest BCUT2D eigenvalue weighted by molar-refractivity contribution is 6.33. The Hall–Kier alpha value is -0.770. The van der Waals surface area contributed by atoms with Crippen LogP contribution in [0.15, 0.2) is 18.2 Å². The van der Waals surface area contributed by atoms with Gasteiger partial charge in [-0.15, -0.1) is 0 Å². The summed E-state index contributed by atoms with van der Waals surface area (Å²) in [5.74, 6) is 0.657. The summed E-state index contributed by atoms with van der Waals surface area (Å²) in [6.07, 6.45) is 1.89. The molecule has 118 valence electrons. The van der Waals surface area contributed by atoms with Crippen LogP contribution in [-0.4, -0.2) is 44.2 Å². The van der Waals surface area contributed by atoms with Gasteiger partial charge in [-0.05, 0) is 50.6 Å². The SMILES string of the molecule is CCC(N)Cc1ccc(N2CC(C)C(N(C)C)C2)c(Cl)c1. The Morgan fingerprint density at radius 3 is 2.62 bits per heavy atom. The first-order valence-corrected chi connectivity index (χ1v) is 8.25. The van der Waals surface area contributed by atoms with Gasteiger partial charge < -0.3 is 15.5 Å². The molecule has 4 heteroatoms. The Kier molecular flexibility index (Phi) is 5.53. The molecule has 0 spiro atoms. The molecule has 21 heavy (non-hydrogen) atoms. The van der Waals surface area contributed by atoms with E-state index in [2.05, 4.69) is 55.9 Å². The summed E-state index contributed by atoms with van der Waals surface area (Å²) in [4.78, 5) is 4.72. The number of hydrogen-bond acceptors (Lipinski definition) is 3. The molecule has 0 aromatic heterocycles. The predicted molar refractivity (Wildman–Crippen MR) is 92.3 cm³/mol. The van der Waals surface area contributed by atoms with E-state index in [1.807, 2.05) is 0 Å². The summed E-state index contributed by atoms with van der Waals surface area (Å²) in [5.41, 5.74) is 8.41. The fraction of sp³-hybridized carbons (Fsp3) is 0.647. The highest BCUT2D eigenvalue weighted by Gasteiger charge is 2.31. The van der Waals surface area contributed by atoms with E-state index >= 15 is 0 Å². The van der Waals surface area contributed by atoms with Gasteiger partial charge in [0.05, 0.1) is 10.7 Å². The van der Waals surface area contributed by atoms with Crippen LogP contribution in [0.25, 0.3) is 0 Å². The van der Waals surface area contributed by atoms with E-state index in [1.165, 1.54) is 5.56 Å². The van der Waals surface area contributed by atoms with Gasteiger partial charge in [0, 0.05) is 25.2 Å². The van der Waals surface area contributed by atoms with E-state index in [0.717, 1.165) is 36.6 Å². The molecule has 3 unspecified atom stereocenters. The first kappa shape index (κ1) is 16.6. The molecule has 0 amide bonds. The number of rotatable bonds is 5. The zero-order valence-electron chi connectivity index (χ0n) is 13.6. The summed E-state index contributed by atoms with van der Waals surface area (Å²) in [6.45, 7) is 6.54. The average Bonchev–Trinajstić information content (AvgIpc) is 2.80. The van der Waals surface area contributed by atoms with Crippen LogP contribution < -0.4 is 10.6 Å². The molecule has 1 aliphatic rings. The lowest BCUT2D eigenvalue weighted by atomic mass is 10.0. The summed E-state index contributed by atoms with van der Waals surface area (Å²) in [6, 6.07) is 7.22. The molecule has 2 N–H and O–H groups in total. The third-order valence-electron chi connectivity index (χ3n) is 4.61. The van der Waals surface area contributed by atoms with Gasteiger partial charge in [0.2, 0.25) is 0 Å². The molecule has 1 heterocycles. The van der Waals surface area contributed by atoms with Crippen molar-refractivity contribution in [1.82, 2.24) is 4.90 Å². The van der Waals surface area contributed by atoms with Crippen LogP contribution in [0.4, 0.5) is 5.69 Å². The zero-order valence-corrected chi connectivity index (χ0v) is 14.4. The van der Waals surface area contributed by atoms with E-state index in [9.17, 15) is 0 Å². The number of nitrogens with two attached hydrogens (primary N) is 1. The monoisotopic (exact) mass is 309 g/mol. The molecule has 3 atom stereocenters. The second-order valence-electron chi connectivity index (χ2n) is 6.57. The maximum absolute atomic E-state index is 6.52. The third kappa shape index (κ3) is 3.91. The van der Waals surface area contributed by atoms with Crippen molar-refractivity contribution in [2.24, 2.45) is 11.7 Å². The highest BCUT2D eigenvalue weighted by atomic mass is 35.5. The van der Waals surface area contributed by atoms with Crippen molar-refractivity contribution in [2.45, 2.75) is 38.8 Å². The minimum absolute atomic E-state index is 0.219. The molecule has 1 fully saturated rings. The highest BCUT2D eigenvalue weighted by Crippen LogP contribution is 2.32. The first-order valence-electron chi connectivity index (χ1n) is 7.87. The minimum atomic E-state index is 0.219. The van der Waals surface area contributed by atoms with Crippen LogP contribution in [-0.2, 0) is 6.42 Å². The van der Waals surface area contributed by atoms with Gasteiger partial charge >= 0.3 is 0 Å². The van der Waals surface area contributed by atoms with Crippen molar-refractivity contribution in [1.29, 1.82) is 0 Å². The third-order valence-corrected chi connectivity index (χ3v) is 4.91. The largest absolute Gasteiger partial charge is 0.368 e. The Bertz CT molecular complexity index is 475. The molecule has 0 aliphatic carbocycles. The lowest BCUT2D eigenvalue weighted by molar-refractivity contribution is 0.266. The molecule has 0 radical (unpaired) electrons. The number of benzene rings is 1. The van der Waals surface area contributed by atoms with Crippen molar-refractivity contribution in [3.8, 4) is 0 Å². The Morgan fingerprint density at radius 2 is 2.10 bits per heavy atom. The molecule has 1 aromatic rings. The summed E-state index contributed by atoms with van der Waals surface area (Å²) in [5, 5.41) is 0.849. The van der Waals surface area contributed by atoms with Gasteiger partial charge in [-0.25, -0.2) is 0 Å². The first-order chi connectivity index (χ1) is 9.92. The molecule has 1 aromatic carbocycles. The summed E-state index contributed by atoms with van der Waals surface area (Å²) < 4.78 is 0. The molecule has 0 saturated carbocycles. The second kappa shape index (κ2) is 6.99.